The van der Waals surface area contributed by atoms with Crippen molar-refractivity contribution in [3.8, 4) is 17.6 Å². The first-order chi connectivity index (χ1) is 12.1. The molecule has 0 fully saturated rings. The van der Waals surface area contributed by atoms with Gasteiger partial charge in [0.1, 0.15) is 30.3 Å². The second kappa shape index (κ2) is 8.92. The van der Waals surface area contributed by atoms with Crippen molar-refractivity contribution >= 4 is 23.2 Å². The molecule has 0 aliphatic rings. The third kappa shape index (κ3) is 5.11. The van der Waals surface area contributed by atoms with Crippen molar-refractivity contribution < 1.29 is 19.4 Å². The van der Waals surface area contributed by atoms with Crippen LogP contribution >= 0.6 is 11.6 Å². The topological polar surface area (TPSA) is 91.6 Å². The highest BCUT2D eigenvalue weighted by Crippen LogP contribution is 2.23. The molecule has 0 spiro atoms. The Labute approximate surface area is 150 Å². The summed E-state index contributed by atoms with van der Waals surface area (Å²) in [5.41, 5.74) is 1.17. The molecule has 0 heterocycles. The number of nitrogens with one attached hydrogen (secondary N) is 1. The fraction of sp³-hybridized carbons (Fsp3) is 0.222. The zero-order chi connectivity index (χ0) is 18.2. The number of hydrogen-bond donors (Lipinski definition) is 2. The molecule has 0 aromatic heterocycles. The minimum absolute atomic E-state index is 0.0181. The Morgan fingerprint density at radius 1 is 1.32 bits per heavy atom. The summed E-state index contributed by atoms with van der Waals surface area (Å²) in [6.07, 6.45) is -0.817. The fourth-order valence-electron chi connectivity index (χ4n) is 2.00. The van der Waals surface area contributed by atoms with E-state index in [0.29, 0.717) is 22.7 Å². The van der Waals surface area contributed by atoms with Crippen LogP contribution in [0.25, 0.3) is 0 Å². The molecule has 0 saturated carbocycles. The van der Waals surface area contributed by atoms with Gasteiger partial charge in [-0.1, -0.05) is 0 Å². The molecule has 1 amide bonds. The molecule has 0 aliphatic heterocycles. The number of hydrogen-bond acceptors (Lipinski definition) is 5. The average molecular weight is 361 g/mol. The number of benzene rings is 2. The van der Waals surface area contributed by atoms with Crippen LogP contribution in [0.4, 0.5) is 5.69 Å². The molecule has 25 heavy (non-hydrogen) atoms. The minimum atomic E-state index is -0.817. The van der Waals surface area contributed by atoms with Crippen LogP contribution in [-0.4, -0.2) is 36.7 Å². The monoisotopic (exact) mass is 360 g/mol. The first-order valence-electron chi connectivity index (χ1n) is 7.43. The number of aliphatic hydroxyl groups excluding tert-OH is 1. The van der Waals surface area contributed by atoms with E-state index >= 15 is 0 Å². The van der Waals surface area contributed by atoms with Crippen molar-refractivity contribution in [2.24, 2.45) is 0 Å². The summed E-state index contributed by atoms with van der Waals surface area (Å²) < 4.78 is 10.4. The van der Waals surface area contributed by atoms with Gasteiger partial charge in [-0.05, 0) is 42.5 Å². The lowest BCUT2D eigenvalue weighted by molar-refractivity contribution is 0.102. The number of alkyl halides is 1. The second-order valence-corrected chi connectivity index (χ2v) is 5.43. The van der Waals surface area contributed by atoms with Gasteiger partial charge in [-0.25, -0.2) is 0 Å². The van der Waals surface area contributed by atoms with E-state index in [-0.39, 0.29) is 24.0 Å². The Balaban J connectivity index is 2.09. The maximum absolute atomic E-state index is 12.2. The standard InChI is InChI=1S/C18H17ClN2O4/c1-24-16-5-2-12(3-6-16)18(23)21-14-4-7-17(13(8-14)10-20)25-11-15(22)9-19/h2-8,15,22H,9,11H2,1H3,(H,21,23). The largest absolute Gasteiger partial charge is 0.497 e. The van der Waals surface area contributed by atoms with Gasteiger partial charge in [-0.2, -0.15) is 5.26 Å². The molecule has 2 N–H and O–H groups in total. The zero-order valence-electron chi connectivity index (χ0n) is 13.5. The third-order valence-corrected chi connectivity index (χ3v) is 3.68. The second-order valence-electron chi connectivity index (χ2n) is 5.12. The van der Waals surface area contributed by atoms with Crippen molar-refractivity contribution in [1.82, 2.24) is 0 Å². The molecular formula is C18H17ClN2O4. The van der Waals surface area contributed by atoms with Gasteiger partial charge < -0.3 is 19.9 Å². The van der Waals surface area contributed by atoms with E-state index < -0.39 is 6.10 Å². The molecular weight excluding hydrogens is 344 g/mol. The average Bonchev–Trinajstić information content (AvgIpc) is 2.66. The first-order valence-corrected chi connectivity index (χ1v) is 7.97. The molecule has 2 aromatic rings. The molecule has 7 heteroatoms. The van der Waals surface area contributed by atoms with E-state index in [9.17, 15) is 15.2 Å². The molecule has 2 rings (SSSR count). The number of carbonyl (C=O) groups excluding carboxylic acids is 1. The van der Waals surface area contributed by atoms with E-state index in [0.717, 1.165) is 0 Å². The summed E-state index contributed by atoms with van der Waals surface area (Å²) in [4.78, 5) is 12.2. The van der Waals surface area contributed by atoms with Crippen LogP contribution < -0.4 is 14.8 Å². The number of ether oxygens (including phenoxy) is 2. The molecule has 6 nitrogen and oxygen atoms in total. The van der Waals surface area contributed by atoms with Gasteiger partial charge in [-0.15, -0.1) is 11.6 Å². The number of aliphatic hydroxyl groups is 1. The lowest BCUT2D eigenvalue weighted by Gasteiger charge is -2.12. The van der Waals surface area contributed by atoms with Crippen molar-refractivity contribution in [2.45, 2.75) is 6.10 Å². The smallest absolute Gasteiger partial charge is 0.255 e. The SMILES string of the molecule is COc1ccc(C(=O)Nc2ccc(OCC(O)CCl)c(C#N)c2)cc1. The Morgan fingerprint density at radius 3 is 2.64 bits per heavy atom. The van der Waals surface area contributed by atoms with Gasteiger partial charge in [-0.3, -0.25) is 4.79 Å². The van der Waals surface area contributed by atoms with Gasteiger partial charge >= 0.3 is 0 Å². The van der Waals surface area contributed by atoms with Crippen LogP contribution in [0.1, 0.15) is 15.9 Å². The number of methoxy groups -OCH3 is 1. The van der Waals surface area contributed by atoms with Crippen LogP contribution in [0, 0.1) is 11.3 Å². The molecule has 0 saturated heterocycles. The molecule has 0 bridgehead atoms. The normalized spacial score (nSPS) is 11.3. The number of nitriles is 1. The fourth-order valence-corrected chi connectivity index (χ4v) is 2.09. The molecule has 2 aromatic carbocycles. The number of nitrogens with zero attached hydrogens (tertiary/aromatic N) is 1. The lowest BCUT2D eigenvalue weighted by atomic mass is 10.1. The maximum atomic E-state index is 12.2. The molecule has 130 valence electrons. The predicted molar refractivity (Wildman–Crippen MR) is 94.3 cm³/mol. The number of anilines is 1. The number of carbonyl (C=O) groups is 1. The Kier molecular flexibility index (Phi) is 6.63. The Morgan fingerprint density at radius 2 is 2.04 bits per heavy atom. The summed E-state index contributed by atoms with van der Waals surface area (Å²) in [5, 5.41) is 21.4. The summed E-state index contributed by atoms with van der Waals surface area (Å²) in [7, 11) is 1.55. The number of amides is 1. The summed E-state index contributed by atoms with van der Waals surface area (Å²) in [5.74, 6) is 0.702. The van der Waals surface area contributed by atoms with Gasteiger partial charge in [0.15, 0.2) is 0 Å². The predicted octanol–water partition coefficient (Wildman–Crippen LogP) is 2.80. The highest BCUT2D eigenvalue weighted by molar-refractivity contribution is 6.18. The Hall–Kier alpha value is -2.75. The maximum Gasteiger partial charge on any atom is 0.255 e. The quantitative estimate of drug-likeness (QED) is 0.741. The molecule has 1 atom stereocenters. The summed E-state index contributed by atoms with van der Waals surface area (Å²) >= 11 is 5.50. The van der Waals surface area contributed by atoms with E-state index in [1.807, 2.05) is 6.07 Å². The van der Waals surface area contributed by atoms with E-state index in [4.69, 9.17) is 21.1 Å². The van der Waals surface area contributed by atoms with Crippen LogP contribution in [0.5, 0.6) is 11.5 Å². The van der Waals surface area contributed by atoms with Gasteiger partial charge in [0.05, 0.1) is 18.6 Å². The summed E-state index contributed by atoms with van der Waals surface area (Å²) in [6, 6.07) is 13.3. The van der Waals surface area contributed by atoms with E-state index in [1.165, 1.54) is 6.07 Å². The summed E-state index contributed by atoms with van der Waals surface area (Å²) in [6.45, 7) is -0.0181. The van der Waals surface area contributed by atoms with Crippen LogP contribution in [0.2, 0.25) is 0 Å². The number of rotatable bonds is 7. The van der Waals surface area contributed by atoms with Gasteiger partial charge in [0.2, 0.25) is 0 Å². The highest BCUT2D eigenvalue weighted by Gasteiger charge is 2.11. The van der Waals surface area contributed by atoms with Crippen LogP contribution in [0.3, 0.4) is 0 Å². The third-order valence-electron chi connectivity index (χ3n) is 3.32. The molecule has 1 unspecified atom stereocenters. The van der Waals surface area contributed by atoms with E-state index in [1.54, 1.807) is 43.5 Å². The minimum Gasteiger partial charge on any atom is -0.497 e. The van der Waals surface area contributed by atoms with Gasteiger partial charge in [0.25, 0.3) is 5.91 Å². The van der Waals surface area contributed by atoms with Crippen molar-refractivity contribution in [2.75, 3.05) is 24.9 Å². The van der Waals surface area contributed by atoms with Crippen LogP contribution in [-0.2, 0) is 0 Å². The van der Waals surface area contributed by atoms with Crippen molar-refractivity contribution in [1.29, 1.82) is 5.26 Å². The van der Waals surface area contributed by atoms with E-state index in [2.05, 4.69) is 5.32 Å². The lowest BCUT2D eigenvalue weighted by Crippen LogP contribution is -2.19. The molecule has 0 aliphatic carbocycles. The first kappa shape index (κ1) is 18.6. The van der Waals surface area contributed by atoms with Gasteiger partial charge in [0, 0.05) is 11.3 Å². The number of halogens is 1. The zero-order valence-corrected chi connectivity index (χ0v) is 14.3. The molecule has 0 radical (unpaired) electrons. The van der Waals surface area contributed by atoms with Crippen molar-refractivity contribution in [3.05, 3.63) is 53.6 Å². The van der Waals surface area contributed by atoms with Crippen LogP contribution in [0.15, 0.2) is 42.5 Å². The Bertz CT molecular complexity index is 772. The highest BCUT2D eigenvalue weighted by atomic mass is 35.5. The van der Waals surface area contributed by atoms with Crippen molar-refractivity contribution in [3.63, 3.8) is 0 Å².